The van der Waals surface area contributed by atoms with Crippen molar-refractivity contribution in [2.75, 3.05) is 18.0 Å². The SMILES string of the molecule is NCC1CCN(c2ccc(F)c(Cl)c2)C(=O)O1. The molecule has 0 saturated carbocycles. The molecule has 1 fully saturated rings. The fraction of sp³-hybridized carbons (Fsp3) is 0.364. The topological polar surface area (TPSA) is 55.6 Å². The Morgan fingerprint density at radius 2 is 2.35 bits per heavy atom. The first-order valence-electron chi connectivity index (χ1n) is 5.25. The zero-order chi connectivity index (χ0) is 12.4. The number of hydrogen-bond donors (Lipinski definition) is 1. The Hall–Kier alpha value is -1.33. The molecule has 1 unspecified atom stereocenters. The van der Waals surface area contributed by atoms with Gasteiger partial charge in [0.25, 0.3) is 0 Å². The molecule has 0 bridgehead atoms. The number of nitrogens with two attached hydrogens (primary N) is 1. The predicted octanol–water partition coefficient (Wildman–Crippen LogP) is 2.15. The molecule has 1 aromatic rings. The number of amides is 1. The Morgan fingerprint density at radius 1 is 1.59 bits per heavy atom. The van der Waals surface area contributed by atoms with Gasteiger partial charge >= 0.3 is 6.09 Å². The Kier molecular flexibility index (Phi) is 3.49. The summed E-state index contributed by atoms with van der Waals surface area (Å²) in [6.45, 7) is 0.798. The fourth-order valence-corrected chi connectivity index (χ4v) is 1.86. The van der Waals surface area contributed by atoms with Crippen LogP contribution >= 0.6 is 11.6 Å². The summed E-state index contributed by atoms with van der Waals surface area (Å²) < 4.78 is 18.1. The molecule has 1 aliphatic heterocycles. The summed E-state index contributed by atoms with van der Waals surface area (Å²) in [6.07, 6.45) is -0.0684. The standard InChI is InChI=1S/C11H12ClFN2O2/c12-9-5-7(1-2-10(9)13)15-4-3-8(6-14)17-11(15)16/h1-2,5,8H,3-4,6,14H2. The molecule has 0 spiro atoms. The molecule has 2 N–H and O–H groups in total. The Balaban J connectivity index is 2.17. The number of carbonyl (C=O) groups excluding carboxylic acids is 1. The van der Waals surface area contributed by atoms with E-state index in [0.29, 0.717) is 25.2 Å². The van der Waals surface area contributed by atoms with E-state index in [-0.39, 0.29) is 11.1 Å². The van der Waals surface area contributed by atoms with Gasteiger partial charge in [-0.05, 0) is 18.2 Å². The Morgan fingerprint density at radius 3 is 2.94 bits per heavy atom. The first-order chi connectivity index (χ1) is 8.11. The monoisotopic (exact) mass is 258 g/mol. The molecule has 1 atom stereocenters. The van der Waals surface area contributed by atoms with Crippen LogP contribution in [0.3, 0.4) is 0 Å². The summed E-state index contributed by atoms with van der Waals surface area (Å²) in [5, 5.41) is -0.0174. The van der Waals surface area contributed by atoms with E-state index >= 15 is 0 Å². The largest absolute Gasteiger partial charge is 0.444 e. The van der Waals surface area contributed by atoms with E-state index in [4.69, 9.17) is 22.1 Å². The highest BCUT2D eigenvalue weighted by atomic mass is 35.5. The van der Waals surface area contributed by atoms with Crippen molar-refractivity contribution in [1.82, 2.24) is 0 Å². The zero-order valence-corrected chi connectivity index (χ0v) is 9.78. The molecule has 6 heteroatoms. The van der Waals surface area contributed by atoms with Gasteiger partial charge in [0.15, 0.2) is 0 Å². The van der Waals surface area contributed by atoms with Gasteiger partial charge < -0.3 is 10.5 Å². The summed E-state index contributed by atoms with van der Waals surface area (Å²) in [5.41, 5.74) is 5.95. The number of halogens is 2. The third-order valence-electron chi connectivity index (χ3n) is 2.64. The average Bonchev–Trinajstić information content (AvgIpc) is 2.32. The highest BCUT2D eigenvalue weighted by Crippen LogP contribution is 2.25. The molecule has 1 aromatic carbocycles. The van der Waals surface area contributed by atoms with Crippen LogP contribution in [0.2, 0.25) is 5.02 Å². The van der Waals surface area contributed by atoms with Gasteiger partial charge in [0.1, 0.15) is 11.9 Å². The summed E-state index contributed by atoms with van der Waals surface area (Å²) in [7, 11) is 0. The van der Waals surface area contributed by atoms with Gasteiger partial charge in [0.05, 0.1) is 5.02 Å². The maximum Gasteiger partial charge on any atom is 0.414 e. The van der Waals surface area contributed by atoms with Crippen LogP contribution in [0, 0.1) is 5.82 Å². The van der Waals surface area contributed by atoms with Gasteiger partial charge in [-0.3, -0.25) is 4.90 Å². The third-order valence-corrected chi connectivity index (χ3v) is 2.93. The van der Waals surface area contributed by atoms with Gasteiger partial charge in [-0.15, -0.1) is 0 Å². The number of cyclic esters (lactones) is 1. The van der Waals surface area contributed by atoms with Crippen molar-refractivity contribution in [1.29, 1.82) is 0 Å². The lowest BCUT2D eigenvalue weighted by molar-refractivity contribution is 0.0888. The van der Waals surface area contributed by atoms with Crippen LogP contribution in [0.25, 0.3) is 0 Å². The van der Waals surface area contributed by atoms with E-state index < -0.39 is 11.9 Å². The lowest BCUT2D eigenvalue weighted by atomic mass is 10.2. The average molecular weight is 259 g/mol. The zero-order valence-electron chi connectivity index (χ0n) is 9.03. The molecule has 1 heterocycles. The molecular weight excluding hydrogens is 247 g/mol. The van der Waals surface area contributed by atoms with E-state index in [0.717, 1.165) is 0 Å². The molecule has 0 aliphatic carbocycles. The number of ether oxygens (including phenoxy) is 1. The normalized spacial score (nSPS) is 20.3. The number of hydrogen-bond acceptors (Lipinski definition) is 3. The van der Waals surface area contributed by atoms with Gasteiger partial charge in [0, 0.05) is 25.2 Å². The molecule has 0 aromatic heterocycles. The molecule has 0 radical (unpaired) electrons. The lowest BCUT2D eigenvalue weighted by Gasteiger charge is -2.31. The molecule has 1 aliphatic rings. The molecule has 1 amide bonds. The van der Waals surface area contributed by atoms with Crippen molar-refractivity contribution in [2.45, 2.75) is 12.5 Å². The maximum absolute atomic E-state index is 13.0. The van der Waals surface area contributed by atoms with Crippen molar-refractivity contribution >= 4 is 23.4 Å². The molecule has 17 heavy (non-hydrogen) atoms. The number of nitrogens with zero attached hydrogens (tertiary/aromatic N) is 1. The van der Waals surface area contributed by atoms with Crippen molar-refractivity contribution in [3.63, 3.8) is 0 Å². The Labute approximate surface area is 103 Å². The number of carbonyl (C=O) groups is 1. The summed E-state index contributed by atoms with van der Waals surface area (Å²) in [6, 6.07) is 4.12. The van der Waals surface area contributed by atoms with Gasteiger partial charge in [-0.1, -0.05) is 11.6 Å². The maximum atomic E-state index is 13.0. The minimum absolute atomic E-state index is 0.0174. The molecule has 2 rings (SSSR count). The van der Waals surface area contributed by atoms with Crippen LogP contribution in [-0.4, -0.2) is 25.3 Å². The van der Waals surface area contributed by atoms with E-state index in [9.17, 15) is 9.18 Å². The van der Waals surface area contributed by atoms with Gasteiger partial charge in [0.2, 0.25) is 0 Å². The number of benzene rings is 1. The van der Waals surface area contributed by atoms with E-state index in [2.05, 4.69) is 0 Å². The minimum atomic E-state index is -0.513. The van der Waals surface area contributed by atoms with E-state index in [1.165, 1.54) is 23.1 Å². The quantitative estimate of drug-likeness (QED) is 0.884. The molecular formula is C11H12ClFN2O2. The second-order valence-electron chi connectivity index (χ2n) is 3.78. The first-order valence-corrected chi connectivity index (χ1v) is 5.63. The third kappa shape index (κ3) is 2.50. The summed E-state index contributed by atoms with van der Waals surface area (Å²) in [4.78, 5) is 13.1. The summed E-state index contributed by atoms with van der Waals surface area (Å²) in [5.74, 6) is -0.513. The first kappa shape index (κ1) is 12.1. The molecule has 1 saturated heterocycles. The van der Waals surface area contributed by atoms with Crippen LogP contribution in [0.4, 0.5) is 14.9 Å². The van der Waals surface area contributed by atoms with E-state index in [1.54, 1.807) is 0 Å². The van der Waals surface area contributed by atoms with Crippen molar-refractivity contribution < 1.29 is 13.9 Å². The van der Waals surface area contributed by atoms with Crippen LogP contribution in [-0.2, 0) is 4.74 Å². The molecule has 4 nitrogen and oxygen atoms in total. The van der Waals surface area contributed by atoms with E-state index in [1.807, 2.05) is 0 Å². The second-order valence-corrected chi connectivity index (χ2v) is 4.19. The molecule has 92 valence electrons. The van der Waals surface area contributed by atoms with Crippen LogP contribution in [0.5, 0.6) is 0 Å². The number of rotatable bonds is 2. The smallest absolute Gasteiger partial charge is 0.414 e. The highest BCUT2D eigenvalue weighted by Gasteiger charge is 2.27. The van der Waals surface area contributed by atoms with Crippen molar-refractivity contribution in [3.05, 3.63) is 29.0 Å². The van der Waals surface area contributed by atoms with Crippen molar-refractivity contribution in [3.8, 4) is 0 Å². The highest BCUT2D eigenvalue weighted by molar-refractivity contribution is 6.31. The van der Waals surface area contributed by atoms with Crippen LogP contribution in [0.1, 0.15) is 6.42 Å². The van der Waals surface area contributed by atoms with Gasteiger partial charge in [-0.25, -0.2) is 9.18 Å². The number of anilines is 1. The predicted molar refractivity (Wildman–Crippen MR) is 62.7 cm³/mol. The lowest BCUT2D eigenvalue weighted by Crippen LogP contribution is -2.44. The van der Waals surface area contributed by atoms with Crippen LogP contribution in [0.15, 0.2) is 18.2 Å². The minimum Gasteiger partial charge on any atom is -0.444 e. The second kappa shape index (κ2) is 4.89. The Bertz CT molecular complexity index is 441. The van der Waals surface area contributed by atoms with Crippen LogP contribution < -0.4 is 10.6 Å². The fourth-order valence-electron chi connectivity index (χ4n) is 1.68. The van der Waals surface area contributed by atoms with Gasteiger partial charge in [-0.2, -0.15) is 0 Å². The summed E-state index contributed by atoms with van der Waals surface area (Å²) >= 11 is 5.66. The van der Waals surface area contributed by atoms with Crippen molar-refractivity contribution in [2.24, 2.45) is 5.73 Å².